The van der Waals surface area contributed by atoms with Gasteiger partial charge >= 0.3 is 11.9 Å². The number of esters is 2. The third-order valence-electron chi connectivity index (χ3n) is 2.72. The van der Waals surface area contributed by atoms with Gasteiger partial charge in [0.2, 0.25) is 0 Å². The Hall–Kier alpha value is -0.940. The lowest BCUT2D eigenvalue weighted by molar-refractivity contribution is -0.162. The molecule has 1 unspecified atom stereocenters. The lowest BCUT2D eigenvalue weighted by atomic mass is 10.0. The number of nitrogens with two attached hydrogens (primary N) is 2. The molecular weight excluding hydrogens is 208 g/mol. The molecule has 0 aromatic rings. The molecule has 0 saturated heterocycles. The van der Waals surface area contributed by atoms with Gasteiger partial charge in [0.05, 0.1) is 0 Å². The zero-order valence-corrected chi connectivity index (χ0v) is 10.4. The number of ether oxygens (including phenoxy) is 1. The molecule has 5 heteroatoms. The van der Waals surface area contributed by atoms with Crippen LogP contribution in [0.4, 0.5) is 0 Å². The fourth-order valence-electron chi connectivity index (χ4n) is 0.994. The predicted octanol–water partition coefficient (Wildman–Crippen LogP) is 0.413. The average Bonchev–Trinajstić information content (AvgIpc) is 2.25. The number of hydrogen-bond donors (Lipinski definition) is 2. The molecule has 3 atom stereocenters. The van der Waals surface area contributed by atoms with Crippen molar-refractivity contribution in [2.75, 3.05) is 0 Å². The van der Waals surface area contributed by atoms with Crippen molar-refractivity contribution in [1.29, 1.82) is 0 Å². The maximum Gasteiger partial charge on any atom is 0.330 e. The summed E-state index contributed by atoms with van der Waals surface area (Å²) in [4.78, 5) is 22.8. The lowest BCUT2D eigenvalue weighted by Crippen LogP contribution is -2.44. The van der Waals surface area contributed by atoms with Crippen LogP contribution in [0, 0.1) is 11.8 Å². The molecule has 0 amide bonds. The summed E-state index contributed by atoms with van der Waals surface area (Å²) < 4.78 is 4.63. The molecule has 4 N–H and O–H groups in total. The summed E-state index contributed by atoms with van der Waals surface area (Å²) in [5.74, 6) is -1.50. The summed E-state index contributed by atoms with van der Waals surface area (Å²) in [5, 5.41) is 0. The molecule has 0 aliphatic heterocycles. The van der Waals surface area contributed by atoms with Crippen LogP contribution in [0.15, 0.2) is 0 Å². The fourth-order valence-corrected chi connectivity index (χ4v) is 0.994. The van der Waals surface area contributed by atoms with Crippen molar-refractivity contribution in [3.8, 4) is 0 Å². The first kappa shape index (κ1) is 15.1. The molecule has 0 heterocycles. The van der Waals surface area contributed by atoms with Crippen LogP contribution in [0.25, 0.3) is 0 Å². The highest BCUT2D eigenvalue weighted by molar-refractivity contribution is 5.90. The second-order valence-corrected chi connectivity index (χ2v) is 4.42. The van der Waals surface area contributed by atoms with Gasteiger partial charge in [0.25, 0.3) is 0 Å². The van der Waals surface area contributed by atoms with Crippen LogP contribution < -0.4 is 11.5 Å². The third kappa shape index (κ3) is 4.28. The molecule has 0 fully saturated rings. The molecule has 16 heavy (non-hydrogen) atoms. The minimum atomic E-state index is -0.784. The molecular formula is C11H22N2O3. The van der Waals surface area contributed by atoms with Crippen molar-refractivity contribution in [3.63, 3.8) is 0 Å². The van der Waals surface area contributed by atoms with E-state index in [-0.39, 0.29) is 11.8 Å². The Morgan fingerprint density at radius 2 is 1.50 bits per heavy atom. The molecule has 94 valence electrons. The lowest BCUT2D eigenvalue weighted by Gasteiger charge is -2.18. The largest absolute Gasteiger partial charge is 0.391 e. The van der Waals surface area contributed by atoms with Crippen LogP contribution in [-0.4, -0.2) is 24.0 Å². The van der Waals surface area contributed by atoms with Gasteiger partial charge in [-0.05, 0) is 11.8 Å². The molecule has 0 aliphatic rings. The van der Waals surface area contributed by atoms with Crippen molar-refractivity contribution in [3.05, 3.63) is 0 Å². The van der Waals surface area contributed by atoms with Crippen LogP contribution in [0.5, 0.6) is 0 Å². The van der Waals surface area contributed by atoms with Crippen molar-refractivity contribution in [2.45, 2.75) is 46.2 Å². The van der Waals surface area contributed by atoms with E-state index in [0.717, 1.165) is 6.42 Å². The maximum atomic E-state index is 11.5. The smallest absolute Gasteiger partial charge is 0.330 e. The Kier molecular flexibility index (Phi) is 6.21. The summed E-state index contributed by atoms with van der Waals surface area (Å²) in [6, 6.07) is -1.55. The summed E-state index contributed by atoms with van der Waals surface area (Å²) in [5.41, 5.74) is 11.2. The van der Waals surface area contributed by atoms with Crippen molar-refractivity contribution < 1.29 is 14.3 Å². The fraction of sp³-hybridized carbons (Fsp3) is 0.818. The first-order chi connectivity index (χ1) is 7.31. The van der Waals surface area contributed by atoms with Crippen LogP contribution in [0.2, 0.25) is 0 Å². The number of rotatable bonds is 5. The van der Waals surface area contributed by atoms with Crippen molar-refractivity contribution in [2.24, 2.45) is 23.3 Å². The van der Waals surface area contributed by atoms with E-state index >= 15 is 0 Å². The molecule has 0 aromatic heterocycles. The van der Waals surface area contributed by atoms with Gasteiger partial charge in [0, 0.05) is 0 Å². The molecule has 0 spiro atoms. The normalized spacial score (nSPS) is 16.7. The number of hydrogen-bond acceptors (Lipinski definition) is 5. The van der Waals surface area contributed by atoms with E-state index < -0.39 is 24.0 Å². The Bertz CT molecular complexity index is 254. The van der Waals surface area contributed by atoms with Gasteiger partial charge in [0.1, 0.15) is 12.1 Å². The third-order valence-corrected chi connectivity index (χ3v) is 2.72. The summed E-state index contributed by atoms with van der Waals surface area (Å²) in [7, 11) is 0. The molecule has 0 rings (SSSR count). The first-order valence-corrected chi connectivity index (χ1v) is 5.57. The number of carbonyl (C=O) groups excluding carboxylic acids is 2. The average molecular weight is 230 g/mol. The molecule has 0 aliphatic carbocycles. The monoisotopic (exact) mass is 230 g/mol. The minimum absolute atomic E-state index is 0.0180. The summed E-state index contributed by atoms with van der Waals surface area (Å²) in [6.07, 6.45) is 0.751. The summed E-state index contributed by atoms with van der Waals surface area (Å²) in [6.45, 7) is 7.31. The zero-order valence-electron chi connectivity index (χ0n) is 10.4. The molecule has 5 nitrogen and oxygen atoms in total. The standard InChI is InChI=1S/C11H22N2O3/c1-5-7(4)9(13)11(15)16-10(14)8(12)6(2)3/h6-9H,5,12-13H2,1-4H3/t7-,8?,9-/m0/s1. The summed E-state index contributed by atoms with van der Waals surface area (Å²) >= 11 is 0. The number of carbonyl (C=O) groups is 2. The van der Waals surface area contributed by atoms with E-state index in [1.807, 2.05) is 13.8 Å². The van der Waals surface area contributed by atoms with Gasteiger partial charge in [-0.3, -0.25) is 0 Å². The highest BCUT2D eigenvalue weighted by atomic mass is 16.6. The predicted molar refractivity (Wildman–Crippen MR) is 61.3 cm³/mol. The Labute approximate surface area is 96.5 Å². The van der Waals surface area contributed by atoms with Crippen LogP contribution in [-0.2, 0) is 14.3 Å². The van der Waals surface area contributed by atoms with E-state index in [1.165, 1.54) is 0 Å². The van der Waals surface area contributed by atoms with Crippen molar-refractivity contribution >= 4 is 11.9 Å². The van der Waals surface area contributed by atoms with E-state index in [2.05, 4.69) is 4.74 Å². The van der Waals surface area contributed by atoms with E-state index in [0.29, 0.717) is 0 Å². The van der Waals surface area contributed by atoms with E-state index in [1.54, 1.807) is 13.8 Å². The highest BCUT2D eigenvalue weighted by Crippen LogP contribution is 2.08. The maximum absolute atomic E-state index is 11.5. The second-order valence-electron chi connectivity index (χ2n) is 4.42. The quantitative estimate of drug-likeness (QED) is 0.527. The molecule has 0 radical (unpaired) electrons. The second kappa shape index (κ2) is 6.60. The zero-order chi connectivity index (χ0) is 12.9. The Morgan fingerprint density at radius 3 is 1.88 bits per heavy atom. The van der Waals surface area contributed by atoms with Crippen LogP contribution >= 0.6 is 0 Å². The topological polar surface area (TPSA) is 95.4 Å². The van der Waals surface area contributed by atoms with Gasteiger partial charge in [-0.2, -0.15) is 0 Å². The van der Waals surface area contributed by atoms with Gasteiger partial charge in [-0.15, -0.1) is 0 Å². The van der Waals surface area contributed by atoms with Crippen LogP contribution in [0.3, 0.4) is 0 Å². The van der Waals surface area contributed by atoms with Gasteiger partial charge < -0.3 is 16.2 Å². The van der Waals surface area contributed by atoms with Crippen molar-refractivity contribution in [1.82, 2.24) is 0 Å². The van der Waals surface area contributed by atoms with Gasteiger partial charge in [-0.25, -0.2) is 9.59 Å². The SMILES string of the molecule is CC[C@H](C)[C@H](N)C(=O)OC(=O)C(N)C(C)C. The van der Waals surface area contributed by atoms with E-state index in [9.17, 15) is 9.59 Å². The minimum Gasteiger partial charge on any atom is -0.391 e. The van der Waals surface area contributed by atoms with Crippen LogP contribution in [0.1, 0.15) is 34.1 Å². The molecule has 0 bridgehead atoms. The molecule has 0 aromatic carbocycles. The first-order valence-electron chi connectivity index (χ1n) is 5.57. The molecule has 0 saturated carbocycles. The Balaban J connectivity index is 4.30. The Morgan fingerprint density at radius 1 is 1.06 bits per heavy atom. The highest BCUT2D eigenvalue weighted by Gasteiger charge is 2.27. The van der Waals surface area contributed by atoms with E-state index in [4.69, 9.17) is 11.5 Å². The van der Waals surface area contributed by atoms with Gasteiger partial charge in [0.15, 0.2) is 0 Å². The van der Waals surface area contributed by atoms with Gasteiger partial charge in [-0.1, -0.05) is 34.1 Å².